The van der Waals surface area contributed by atoms with Gasteiger partial charge in [-0.25, -0.2) is 4.79 Å². The van der Waals surface area contributed by atoms with Gasteiger partial charge in [0, 0.05) is 0 Å². The predicted octanol–water partition coefficient (Wildman–Crippen LogP) is 0.844. The summed E-state index contributed by atoms with van der Waals surface area (Å²) >= 11 is 0. The zero-order valence-corrected chi connectivity index (χ0v) is 8.43. The average molecular weight is 207 g/mol. The number of hydrogen-bond acceptors (Lipinski definition) is 3. The number of ketones is 1. The lowest BCUT2D eigenvalue weighted by Gasteiger charge is -2.09. The van der Waals surface area contributed by atoms with Gasteiger partial charge in [0.25, 0.3) is 0 Å². The summed E-state index contributed by atoms with van der Waals surface area (Å²) in [5, 5.41) is 8.89. The number of carboxylic acids is 1. The Labute approximate surface area is 87.7 Å². The number of carbonyl (C=O) groups excluding carboxylic acids is 1. The minimum atomic E-state index is -0.999. The van der Waals surface area contributed by atoms with E-state index >= 15 is 0 Å². The Bertz CT molecular complexity index is 387. The standard InChI is InChI=1S/C11H13NO3/c1-7(13)10(12)6-8-4-2-3-5-9(8)11(14)15/h2-5,10H,6,12H2,1H3,(H,14,15)/t10-/m0/s1. The molecule has 1 aromatic rings. The molecule has 15 heavy (non-hydrogen) atoms. The van der Waals surface area contributed by atoms with Crippen molar-refractivity contribution >= 4 is 11.8 Å². The van der Waals surface area contributed by atoms with Crippen LogP contribution in [0.5, 0.6) is 0 Å². The van der Waals surface area contributed by atoms with Crippen LogP contribution < -0.4 is 5.73 Å². The van der Waals surface area contributed by atoms with E-state index in [4.69, 9.17) is 10.8 Å². The van der Waals surface area contributed by atoms with Crippen molar-refractivity contribution in [3.63, 3.8) is 0 Å². The number of rotatable bonds is 4. The molecule has 1 aromatic carbocycles. The van der Waals surface area contributed by atoms with Gasteiger partial charge in [0.2, 0.25) is 0 Å². The molecule has 0 aliphatic carbocycles. The van der Waals surface area contributed by atoms with E-state index in [2.05, 4.69) is 0 Å². The van der Waals surface area contributed by atoms with Crippen LogP contribution in [0.2, 0.25) is 0 Å². The fourth-order valence-corrected chi connectivity index (χ4v) is 1.29. The quantitative estimate of drug-likeness (QED) is 0.766. The molecule has 80 valence electrons. The van der Waals surface area contributed by atoms with Gasteiger partial charge in [-0.2, -0.15) is 0 Å². The first-order valence-corrected chi connectivity index (χ1v) is 4.59. The van der Waals surface area contributed by atoms with Crippen molar-refractivity contribution in [3.8, 4) is 0 Å². The van der Waals surface area contributed by atoms with Crippen LogP contribution in [0.3, 0.4) is 0 Å². The lowest BCUT2D eigenvalue weighted by atomic mass is 9.99. The number of carbonyl (C=O) groups is 2. The van der Waals surface area contributed by atoms with Crippen LogP contribution in [0.1, 0.15) is 22.8 Å². The third-order valence-corrected chi connectivity index (χ3v) is 2.21. The van der Waals surface area contributed by atoms with Crippen LogP contribution >= 0.6 is 0 Å². The van der Waals surface area contributed by atoms with E-state index in [1.165, 1.54) is 13.0 Å². The Hall–Kier alpha value is -1.68. The monoisotopic (exact) mass is 207 g/mol. The minimum Gasteiger partial charge on any atom is -0.478 e. The molecule has 0 unspecified atom stereocenters. The number of aromatic carboxylic acids is 1. The van der Waals surface area contributed by atoms with E-state index in [1.807, 2.05) is 0 Å². The van der Waals surface area contributed by atoms with Crippen molar-refractivity contribution < 1.29 is 14.7 Å². The molecule has 0 saturated carbocycles. The van der Waals surface area contributed by atoms with Gasteiger partial charge in [0.1, 0.15) is 5.78 Å². The molecule has 0 aliphatic heterocycles. The molecule has 0 aromatic heterocycles. The first kappa shape index (κ1) is 11.4. The third-order valence-electron chi connectivity index (χ3n) is 2.21. The second kappa shape index (κ2) is 4.70. The van der Waals surface area contributed by atoms with Crippen molar-refractivity contribution in [1.82, 2.24) is 0 Å². The summed E-state index contributed by atoms with van der Waals surface area (Å²) in [7, 11) is 0. The predicted molar refractivity (Wildman–Crippen MR) is 55.8 cm³/mol. The number of carboxylic acid groups (broad SMARTS) is 1. The van der Waals surface area contributed by atoms with Gasteiger partial charge in [-0.05, 0) is 25.0 Å². The second-order valence-electron chi connectivity index (χ2n) is 3.38. The number of hydrogen-bond donors (Lipinski definition) is 2. The zero-order valence-electron chi connectivity index (χ0n) is 8.43. The molecular formula is C11H13NO3. The number of Topliss-reactive ketones (excluding diaryl/α,β-unsaturated/α-hetero) is 1. The maximum Gasteiger partial charge on any atom is 0.335 e. The maximum atomic E-state index is 11.0. The number of nitrogens with two attached hydrogens (primary N) is 1. The minimum absolute atomic E-state index is 0.143. The zero-order chi connectivity index (χ0) is 11.4. The molecule has 4 heteroatoms. The summed E-state index contributed by atoms with van der Waals surface area (Å²) in [6.45, 7) is 1.40. The van der Waals surface area contributed by atoms with Crippen LogP contribution in [0, 0.1) is 0 Å². The Morgan fingerprint density at radius 2 is 2.00 bits per heavy atom. The normalized spacial score (nSPS) is 12.1. The van der Waals surface area contributed by atoms with E-state index < -0.39 is 12.0 Å². The molecule has 0 saturated heterocycles. The highest BCUT2D eigenvalue weighted by molar-refractivity contribution is 5.90. The number of benzene rings is 1. The van der Waals surface area contributed by atoms with E-state index in [9.17, 15) is 9.59 Å². The topological polar surface area (TPSA) is 80.4 Å². The molecule has 1 atom stereocenters. The van der Waals surface area contributed by atoms with Crippen LogP contribution in [-0.4, -0.2) is 22.9 Å². The van der Waals surface area contributed by atoms with Gasteiger partial charge < -0.3 is 10.8 Å². The van der Waals surface area contributed by atoms with Gasteiger partial charge in [0.05, 0.1) is 11.6 Å². The highest BCUT2D eigenvalue weighted by Crippen LogP contribution is 2.10. The lowest BCUT2D eigenvalue weighted by Crippen LogP contribution is -2.31. The van der Waals surface area contributed by atoms with Crippen molar-refractivity contribution in [2.45, 2.75) is 19.4 Å². The van der Waals surface area contributed by atoms with Crippen LogP contribution in [0.25, 0.3) is 0 Å². The van der Waals surface area contributed by atoms with E-state index in [1.54, 1.807) is 18.2 Å². The van der Waals surface area contributed by atoms with Crippen molar-refractivity contribution in [1.29, 1.82) is 0 Å². The Kier molecular flexibility index (Phi) is 3.57. The first-order chi connectivity index (χ1) is 7.02. The van der Waals surface area contributed by atoms with Crippen molar-refractivity contribution in [2.75, 3.05) is 0 Å². The fourth-order valence-electron chi connectivity index (χ4n) is 1.29. The smallest absolute Gasteiger partial charge is 0.335 e. The first-order valence-electron chi connectivity index (χ1n) is 4.59. The largest absolute Gasteiger partial charge is 0.478 e. The Morgan fingerprint density at radius 1 is 1.40 bits per heavy atom. The van der Waals surface area contributed by atoms with Crippen molar-refractivity contribution in [2.24, 2.45) is 5.73 Å². The molecule has 0 radical (unpaired) electrons. The molecule has 1 rings (SSSR count). The summed E-state index contributed by atoms with van der Waals surface area (Å²) in [6.07, 6.45) is 0.262. The third kappa shape index (κ3) is 2.89. The molecule has 0 fully saturated rings. The summed E-state index contributed by atoms with van der Waals surface area (Å²) < 4.78 is 0. The molecule has 0 bridgehead atoms. The SMILES string of the molecule is CC(=O)[C@@H](N)Cc1ccccc1C(=O)O. The van der Waals surface area contributed by atoms with E-state index in [0.29, 0.717) is 5.56 Å². The summed E-state index contributed by atoms with van der Waals surface area (Å²) in [5.74, 6) is -1.14. The Morgan fingerprint density at radius 3 is 2.53 bits per heavy atom. The van der Waals surface area contributed by atoms with Crippen LogP contribution in [-0.2, 0) is 11.2 Å². The summed E-state index contributed by atoms with van der Waals surface area (Å²) in [6, 6.07) is 5.92. The second-order valence-corrected chi connectivity index (χ2v) is 3.38. The molecule has 0 amide bonds. The van der Waals surface area contributed by atoms with Gasteiger partial charge in [-0.3, -0.25) is 4.79 Å². The molecular weight excluding hydrogens is 194 g/mol. The fraction of sp³-hybridized carbons (Fsp3) is 0.273. The molecule has 0 spiro atoms. The molecule has 0 aliphatic rings. The van der Waals surface area contributed by atoms with Crippen molar-refractivity contribution in [3.05, 3.63) is 35.4 Å². The molecule has 3 N–H and O–H groups in total. The highest BCUT2D eigenvalue weighted by atomic mass is 16.4. The Balaban J connectivity index is 2.94. The van der Waals surface area contributed by atoms with Crippen LogP contribution in [0.4, 0.5) is 0 Å². The molecule has 4 nitrogen and oxygen atoms in total. The van der Waals surface area contributed by atoms with Gasteiger partial charge in [-0.1, -0.05) is 18.2 Å². The van der Waals surface area contributed by atoms with Gasteiger partial charge in [0.15, 0.2) is 0 Å². The van der Waals surface area contributed by atoms with E-state index in [0.717, 1.165) is 0 Å². The molecule has 0 heterocycles. The van der Waals surface area contributed by atoms with E-state index in [-0.39, 0.29) is 17.8 Å². The summed E-state index contributed by atoms with van der Waals surface area (Å²) in [4.78, 5) is 21.8. The van der Waals surface area contributed by atoms with Gasteiger partial charge in [-0.15, -0.1) is 0 Å². The summed E-state index contributed by atoms with van der Waals surface area (Å²) in [5.41, 5.74) is 6.37. The highest BCUT2D eigenvalue weighted by Gasteiger charge is 2.14. The van der Waals surface area contributed by atoms with Crippen LogP contribution in [0.15, 0.2) is 24.3 Å². The van der Waals surface area contributed by atoms with Gasteiger partial charge >= 0.3 is 5.97 Å². The maximum absolute atomic E-state index is 11.0. The average Bonchev–Trinajstić information content (AvgIpc) is 2.18. The lowest BCUT2D eigenvalue weighted by molar-refractivity contribution is -0.118.